The number of hydrogen-bond donors (Lipinski definition) is 1. The highest BCUT2D eigenvalue weighted by atomic mass is 16.5. The van der Waals surface area contributed by atoms with Crippen molar-refractivity contribution in [2.24, 2.45) is 0 Å². The molecule has 0 saturated carbocycles. The summed E-state index contributed by atoms with van der Waals surface area (Å²) >= 11 is 0. The van der Waals surface area contributed by atoms with Crippen molar-refractivity contribution < 1.29 is 19.1 Å². The fourth-order valence-electron chi connectivity index (χ4n) is 4.18. The highest BCUT2D eigenvalue weighted by molar-refractivity contribution is 6.07. The van der Waals surface area contributed by atoms with Gasteiger partial charge < -0.3 is 15.0 Å². The molecule has 4 rings (SSSR count). The minimum atomic E-state index is -0.903. The quantitative estimate of drug-likeness (QED) is 0.697. The van der Waals surface area contributed by atoms with Gasteiger partial charge in [0.05, 0.1) is 6.54 Å². The third kappa shape index (κ3) is 4.71. The largest absolute Gasteiger partial charge is 0.492 e. The highest BCUT2D eigenvalue weighted by Crippen LogP contribution is 2.29. The van der Waals surface area contributed by atoms with Crippen molar-refractivity contribution in [2.45, 2.75) is 31.2 Å². The summed E-state index contributed by atoms with van der Waals surface area (Å²) in [4.78, 5) is 41.1. The Morgan fingerprint density at radius 3 is 2.29 bits per heavy atom. The molecule has 7 heteroatoms. The molecular weight excluding hydrogens is 394 g/mol. The lowest BCUT2D eigenvalue weighted by Crippen LogP contribution is -2.56. The van der Waals surface area contributed by atoms with Crippen molar-refractivity contribution in [3.05, 3.63) is 66.2 Å². The molecule has 2 aliphatic heterocycles. The van der Waals surface area contributed by atoms with E-state index in [0.717, 1.165) is 5.56 Å². The van der Waals surface area contributed by atoms with Crippen molar-refractivity contribution in [3.63, 3.8) is 0 Å². The number of imide groups is 1. The number of likely N-dealkylation sites (tertiary alicyclic amines) is 1. The summed E-state index contributed by atoms with van der Waals surface area (Å²) in [7, 11) is 0. The Labute approximate surface area is 182 Å². The van der Waals surface area contributed by atoms with Gasteiger partial charge in [-0.15, -0.1) is 0 Å². The Hall–Kier alpha value is -3.35. The van der Waals surface area contributed by atoms with E-state index in [1.54, 1.807) is 4.90 Å². The van der Waals surface area contributed by atoms with Crippen LogP contribution in [0.3, 0.4) is 0 Å². The molecular formula is C24H27N3O4. The van der Waals surface area contributed by atoms with E-state index in [1.807, 2.05) is 60.7 Å². The number of urea groups is 1. The molecule has 0 aliphatic carbocycles. The van der Waals surface area contributed by atoms with Crippen molar-refractivity contribution >= 4 is 17.8 Å². The van der Waals surface area contributed by atoms with Gasteiger partial charge >= 0.3 is 6.03 Å². The summed E-state index contributed by atoms with van der Waals surface area (Å²) in [6.45, 7) is 1.37. The Kier molecular flexibility index (Phi) is 6.21. The molecule has 1 N–H and O–H groups in total. The van der Waals surface area contributed by atoms with Crippen molar-refractivity contribution in [2.75, 3.05) is 26.2 Å². The molecule has 7 nitrogen and oxygen atoms in total. The van der Waals surface area contributed by atoms with Gasteiger partial charge in [-0.3, -0.25) is 14.5 Å². The summed E-state index contributed by atoms with van der Waals surface area (Å²) in [5.41, 5.74) is 0.232. The van der Waals surface area contributed by atoms with Crippen LogP contribution in [0.2, 0.25) is 0 Å². The zero-order chi connectivity index (χ0) is 21.7. The van der Waals surface area contributed by atoms with E-state index in [-0.39, 0.29) is 31.0 Å². The molecule has 2 fully saturated rings. The lowest BCUT2D eigenvalue weighted by Gasteiger charge is -2.37. The molecule has 2 aromatic rings. The summed E-state index contributed by atoms with van der Waals surface area (Å²) in [5, 5.41) is 2.88. The molecule has 2 aliphatic rings. The fraction of sp³-hybridized carbons (Fsp3) is 0.375. The lowest BCUT2D eigenvalue weighted by atomic mass is 9.87. The van der Waals surface area contributed by atoms with Crippen molar-refractivity contribution in [3.8, 4) is 5.75 Å². The summed E-state index contributed by atoms with van der Waals surface area (Å²) < 4.78 is 5.63. The Balaban J connectivity index is 1.27. The van der Waals surface area contributed by atoms with E-state index < -0.39 is 5.54 Å². The Morgan fingerprint density at radius 1 is 0.968 bits per heavy atom. The van der Waals surface area contributed by atoms with Crippen LogP contribution < -0.4 is 10.1 Å². The molecule has 1 spiro atoms. The normalized spacial score (nSPS) is 17.7. The second-order valence-corrected chi connectivity index (χ2v) is 8.00. The van der Waals surface area contributed by atoms with E-state index in [2.05, 4.69) is 5.32 Å². The van der Waals surface area contributed by atoms with E-state index >= 15 is 0 Å². The molecule has 2 saturated heterocycles. The van der Waals surface area contributed by atoms with Gasteiger partial charge in [0.2, 0.25) is 5.91 Å². The average Bonchev–Trinajstić information content (AvgIpc) is 3.03. The molecule has 2 aromatic carbocycles. The number of piperidine rings is 1. The van der Waals surface area contributed by atoms with Crippen LogP contribution in [0, 0.1) is 0 Å². The molecule has 31 heavy (non-hydrogen) atoms. The number of benzene rings is 2. The third-order valence-corrected chi connectivity index (χ3v) is 6.01. The first-order valence-corrected chi connectivity index (χ1v) is 10.7. The number of rotatable bonds is 7. The maximum atomic E-state index is 13.0. The first-order valence-electron chi connectivity index (χ1n) is 10.7. The maximum absolute atomic E-state index is 13.0. The van der Waals surface area contributed by atoms with Crippen LogP contribution in [0.1, 0.15) is 24.8 Å². The van der Waals surface area contributed by atoms with E-state index in [1.165, 1.54) is 4.90 Å². The van der Waals surface area contributed by atoms with Crippen LogP contribution >= 0.6 is 0 Å². The smallest absolute Gasteiger partial charge is 0.325 e. The summed E-state index contributed by atoms with van der Waals surface area (Å²) in [6.07, 6.45) is 2.02. The summed E-state index contributed by atoms with van der Waals surface area (Å²) in [6, 6.07) is 18.8. The molecule has 0 unspecified atom stereocenters. The minimum Gasteiger partial charge on any atom is -0.492 e. The van der Waals surface area contributed by atoms with Crippen LogP contribution in [0.4, 0.5) is 4.79 Å². The predicted octanol–water partition coefficient (Wildman–Crippen LogP) is 2.61. The Morgan fingerprint density at radius 2 is 1.61 bits per heavy atom. The van der Waals surface area contributed by atoms with Gasteiger partial charge in [-0.25, -0.2) is 4.79 Å². The standard InChI is InChI=1S/C24H27N3O4/c28-21(12-11-19-7-3-1-4-8-19)26-15-13-24(14-16-26)22(29)27(23(30)25-24)17-18-31-20-9-5-2-6-10-20/h1-10H,11-18H2,(H,25,30). The molecule has 0 atom stereocenters. The number of nitrogens with zero attached hydrogens (tertiary/aromatic N) is 2. The number of para-hydroxylation sites is 1. The molecule has 0 aromatic heterocycles. The fourth-order valence-corrected chi connectivity index (χ4v) is 4.18. The maximum Gasteiger partial charge on any atom is 0.325 e. The topological polar surface area (TPSA) is 79.0 Å². The van der Waals surface area contributed by atoms with Gasteiger partial charge in [-0.2, -0.15) is 0 Å². The predicted molar refractivity (Wildman–Crippen MR) is 115 cm³/mol. The third-order valence-electron chi connectivity index (χ3n) is 6.01. The second-order valence-electron chi connectivity index (χ2n) is 8.00. The second kappa shape index (κ2) is 9.20. The van der Waals surface area contributed by atoms with E-state index in [9.17, 15) is 14.4 Å². The monoisotopic (exact) mass is 421 g/mol. The number of hydrogen-bond acceptors (Lipinski definition) is 4. The Bertz CT molecular complexity index is 924. The van der Waals surface area contributed by atoms with Gasteiger partial charge in [0.25, 0.3) is 5.91 Å². The van der Waals surface area contributed by atoms with Gasteiger partial charge in [-0.05, 0) is 37.0 Å². The van der Waals surface area contributed by atoms with Crippen molar-refractivity contribution in [1.29, 1.82) is 0 Å². The van der Waals surface area contributed by atoms with Gasteiger partial charge in [0.15, 0.2) is 0 Å². The lowest BCUT2D eigenvalue weighted by molar-refractivity contribution is -0.138. The summed E-state index contributed by atoms with van der Waals surface area (Å²) in [5.74, 6) is 0.570. The van der Waals surface area contributed by atoms with Crippen LogP contribution in [0.25, 0.3) is 0 Å². The number of carbonyl (C=O) groups is 3. The van der Waals surface area contributed by atoms with E-state index in [4.69, 9.17) is 4.74 Å². The molecule has 0 radical (unpaired) electrons. The first-order chi connectivity index (χ1) is 15.1. The molecule has 0 bridgehead atoms. The molecule has 162 valence electrons. The zero-order valence-electron chi connectivity index (χ0n) is 17.5. The number of amides is 4. The molecule has 2 heterocycles. The minimum absolute atomic E-state index is 0.0867. The zero-order valence-corrected chi connectivity index (χ0v) is 17.5. The molecule has 4 amide bonds. The number of ether oxygens (including phenoxy) is 1. The highest BCUT2D eigenvalue weighted by Gasteiger charge is 2.52. The van der Waals surface area contributed by atoms with Crippen LogP contribution in [-0.2, 0) is 16.0 Å². The first kappa shape index (κ1) is 20.9. The number of aryl methyl sites for hydroxylation is 1. The average molecular weight is 421 g/mol. The van der Waals surface area contributed by atoms with Crippen molar-refractivity contribution in [1.82, 2.24) is 15.1 Å². The van der Waals surface area contributed by atoms with Gasteiger partial charge in [-0.1, -0.05) is 48.5 Å². The van der Waals surface area contributed by atoms with E-state index in [0.29, 0.717) is 44.5 Å². The van der Waals surface area contributed by atoms with Crippen LogP contribution in [0.15, 0.2) is 60.7 Å². The number of nitrogens with one attached hydrogen (secondary N) is 1. The van der Waals surface area contributed by atoms with Crippen LogP contribution in [-0.4, -0.2) is 59.4 Å². The number of carbonyl (C=O) groups excluding carboxylic acids is 3. The van der Waals surface area contributed by atoms with Gasteiger partial charge in [0, 0.05) is 19.5 Å². The van der Waals surface area contributed by atoms with Crippen LogP contribution in [0.5, 0.6) is 5.75 Å². The SMILES string of the molecule is O=C(CCc1ccccc1)N1CCC2(CC1)NC(=O)N(CCOc1ccccc1)C2=O. The van der Waals surface area contributed by atoms with Gasteiger partial charge in [0.1, 0.15) is 17.9 Å².